The smallest absolute Gasteiger partial charge is 0.227 e. The van der Waals surface area contributed by atoms with Crippen LogP contribution in [0.5, 0.6) is 5.75 Å². The van der Waals surface area contributed by atoms with Crippen LogP contribution < -0.4 is 4.74 Å². The third kappa shape index (κ3) is 4.54. The Balaban J connectivity index is 1.62. The maximum Gasteiger partial charge on any atom is 0.227 e. The van der Waals surface area contributed by atoms with E-state index in [1.54, 1.807) is 7.11 Å². The molecule has 3 rings (SSSR count). The summed E-state index contributed by atoms with van der Waals surface area (Å²) < 4.78 is 5.29. The number of hydrogen-bond acceptors (Lipinski definition) is 3. The van der Waals surface area contributed by atoms with Crippen molar-refractivity contribution >= 4 is 29.3 Å². The first-order valence-electron chi connectivity index (χ1n) is 8.86. The lowest BCUT2D eigenvalue weighted by Gasteiger charge is -2.21. The number of thioether (sulfide) groups is 1. The van der Waals surface area contributed by atoms with Crippen molar-refractivity contribution in [1.29, 1.82) is 0 Å². The molecule has 1 amide bonds. The molecule has 1 heterocycles. The minimum Gasteiger partial charge on any atom is -0.496 e. The Morgan fingerprint density at radius 1 is 1.27 bits per heavy atom. The van der Waals surface area contributed by atoms with Crippen LogP contribution in [0, 0.1) is 6.92 Å². The van der Waals surface area contributed by atoms with Crippen LogP contribution in [-0.2, 0) is 11.2 Å². The lowest BCUT2D eigenvalue weighted by molar-refractivity contribution is -0.130. The molecule has 0 N–H and O–H groups in total. The molecule has 3 nitrogen and oxygen atoms in total. The van der Waals surface area contributed by atoms with Crippen molar-refractivity contribution in [1.82, 2.24) is 4.90 Å². The van der Waals surface area contributed by atoms with Crippen LogP contribution in [0.1, 0.15) is 28.4 Å². The van der Waals surface area contributed by atoms with E-state index in [1.165, 1.54) is 5.56 Å². The van der Waals surface area contributed by atoms with Gasteiger partial charge < -0.3 is 9.64 Å². The number of amides is 1. The molecule has 0 radical (unpaired) electrons. The molecule has 138 valence electrons. The van der Waals surface area contributed by atoms with Gasteiger partial charge in [0, 0.05) is 29.1 Å². The fraction of sp³-hybridized carbons (Fsp3) is 0.381. The number of ether oxygens (including phenoxy) is 1. The molecule has 1 atom stereocenters. The van der Waals surface area contributed by atoms with E-state index in [2.05, 4.69) is 6.07 Å². The molecule has 2 aromatic rings. The molecule has 0 saturated carbocycles. The molecule has 26 heavy (non-hydrogen) atoms. The Bertz CT molecular complexity index is 780. The van der Waals surface area contributed by atoms with Gasteiger partial charge in [0.2, 0.25) is 5.91 Å². The summed E-state index contributed by atoms with van der Waals surface area (Å²) in [7, 11) is 1.66. The number of carbonyl (C=O) groups excluding carboxylic acids is 1. The van der Waals surface area contributed by atoms with Crippen LogP contribution in [0.25, 0.3) is 0 Å². The lowest BCUT2D eigenvalue weighted by atomic mass is 10.1. The van der Waals surface area contributed by atoms with Gasteiger partial charge in [-0.05, 0) is 42.2 Å². The predicted octanol–water partition coefficient (Wildman–Crippen LogP) is 4.91. The number of carbonyl (C=O) groups is 1. The zero-order chi connectivity index (χ0) is 18.5. The van der Waals surface area contributed by atoms with Crippen LogP contribution in [0.3, 0.4) is 0 Å². The standard InChI is InChI=1S/C21H24ClNO2S/c1-15-13-16(7-8-19(15)25-2)14-21(24)23-10-9-20(26-12-11-23)17-5-3-4-6-18(17)22/h3-8,13,20H,9-12,14H2,1-2H3. The van der Waals surface area contributed by atoms with E-state index >= 15 is 0 Å². The van der Waals surface area contributed by atoms with Crippen LogP contribution >= 0.6 is 23.4 Å². The van der Waals surface area contributed by atoms with Crippen LogP contribution in [0.4, 0.5) is 0 Å². The first kappa shape index (κ1) is 19.1. The third-order valence-electron chi connectivity index (χ3n) is 4.76. The Morgan fingerprint density at radius 3 is 2.81 bits per heavy atom. The van der Waals surface area contributed by atoms with Gasteiger partial charge in [-0.15, -0.1) is 0 Å². The molecular formula is C21H24ClNO2S. The van der Waals surface area contributed by atoms with Gasteiger partial charge in [0.05, 0.1) is 13.5 Å². The van der Waals surface area contributed by atoms with Crippen LogP contribution in [0.15, 0.2) is 42.5 Å². The number of benzene rings is 2. The van der Waals surface area contributed by atoms with Crippen molar-refractivity contribution < 1.29 is 9.53 Å². The number of hydrogen-bond donors (Lipinski definition) is 0. The van der Waals surface area contributed by atoms with E-state index in [1.807, 2.05) is 60.0 Å². The minimum atomic E-state index is 0.190. The number of methoxy groups -OCH3 is 1. The summed E-state index contributed by atoms with van der Waals surface area (Å²) in [4.78, 5) is 14.7. The maximum atomic E-state index is 12.8. The Hall–Kier alpha value is -1.65. The van der Waals surface area contributed by atoms with Crippen molar-refractivity contribution in [2.45, 2.75) is 25.0 Å². The SMILES string of the molecule is COc1ccc(CC(=O)N2CCSC(c3ccccc3Cl)CC2)cc1C. The topological polar surface area (TPSA) is 29.5 Å². The van der Waals surface area contributed by atoms with E-state index in [4.69, 9.17) is 16.3 Å². The summed E-state index contributed by atoms with van der Waals surface area (Å²) in [5, 5.41) is 1.17. The fourth-order valence-electron chi connectivity index (χ4n) is 3.34. The average Bonchev–Trinajstić information content (AvgIpc) is 2.88. The number of rotatable bonds is 4. The average molecular weight is 390 g/mol. The number of halogens is 1. The van der Waals surface area contributed by atoms with E-state index < -0.39 is 0 Å². The second-order valence-corrected chi connectivity index (χ2v) is 8.25. The van der Waals surface area contributed by atoms with Gasteiger partial charge in [0.15, 0.2) is 0 Å². The Kier molecular flexibility index (Phi) is 6.49. The molecule has 1 unspecified atom stereocenters. The zero-order valence-corrected chi connectivity index (χ0v) is 16.8. The fourth-order valence-corrected chi connectivity index (χ4v) is 4.94. The van der Waals surface area contributed by atoms with Gasteiger partial charge in [-0.3, -0.25) is 4.79 Å². The largest absolute Gasteiger partial charge is 0.496 e. The van der Waals surface area contributed by atoms with Gasteiger partial charge in [0.25, 0.3) is 0 Å². The quantitative estimate of drug-likeness (QED) is 0.744. The molecule has 1 fully saturated rings. The van der Waals surface area contributed by atoms with E-state index in [0.717, 1.165) is 47.2 Å². The van der Waals surface area contributed by atoms with E-state index in [-0.39, 0.29) is 5.91 Å². The molecular weight excluding hydrogens is 366 g/mol. The summed E-state index contributed by atoms with van der Waals surface area (Å²) in [5.41, 5.74) is 3.27. The normalized spacial score (nSPS) is 17.7. The number of aryl methyl sites for hydroxylation is 1. The summed E-state index contributed by atoms with van der Waals surface area (Å²) in [6, 6.07) is 14.0. The Morgan fingerprint density at radius 2 is 2.08 bits per heavy atom. The summed E-state index contributed by atoms with van der Waals surface area (Å²) in [5.74, 6) is 1.98. The highest BCUT2D eigenvalue weighted by Gasteiger charge is 2.23. The zero-order valence-electron chi connectivity index (χ0n) is 15.2. The van der Waals surface area contributed by atoms with Crippen molar-refractivity contribution in [2.75, 3.05) is 26.0 Å². The third-order valence-corrected chi connectivity index (χ3v) is 6.42. The highest BCUT2D eigenvalue weighted by molar-refractivity contribution is 7.99. The molecule has 0 aromatic heterocycles. The summed E-state index contributed by atoms with van der Waals surface area (Å²) in [6.07, 6.45) is 1.37. The molecule has 5 heteroatoms. The van der Waals surface area contributed by atoms with E-state index in [9.17, 15) is 4.79 Å². The van der Waals surface area contributed by atoms with Crippen molar-refractivity contribution in [3.63, 3.8) is 0 Å². The molecule has 2 aromatic carbocycles. The summed E-state index contributed by atoms with van der Waals surface area (Å²) >= 11 is 8.24. The van der Waals surface area contributed by atoms with Crippen LogP contribution in [0.2, 0.25) is 5.02 Å². The van der Waals surface area contributed by atoms with Gasteiger partial charge >= 0.3 is 0 Å². The van der Waals surface area contributed by atoms with Crippen LogP contribution in [-0.4, -0.2) is 36.8 Å². The molecule has 0 aliphatic carbocycles. The molecule has 0 bridgehead atoms. The van der Waals surface area contributed by atoms with Gasteiger partial charge in [0.1, 0.15) is 5.75 Å². The second kappa shape index (κ2) is 8.83. The Labute approximate surface area is 164 Å². The first-order chi connectivity index (χ1) is 12.6. The molecule has 0 spiro atoms. The first-order valence-corrected chi connectivity index (χ1v) is 10.3. The maximum absolute atomic E-state index is 12.8. The highest BCUT2D eigenvalue weighted by atomic mass is 35.5. The van der Waals surface area contributed by atoms with Gasteiger partial charge in [-0.2, -0.15) is 11.8 Å². The molecule has 1 aliphatic rings. The molecule has 1 aliphatic heterocycles. The van der Waals surface area contributed by atoms with Gasteiger partial charge in [-0.1, -0.05) is 41.9 Å². The highest BCUT2D eigenvalue weighted by Crippen LogP contribution is 2.37. The lowest BCUT2D eigenvalue weighted by Crippen LogP contribution is -2.34. The monoisotopic (exact) mass is 389 g/mol. The van der Waals surface area contributed by atoms with Crippen molar-refractivity contribution in [2.24, 2.45) is 0 Å². The number of nitrogens with zero attached hydrogens (tertiary/aromatic N) is 1. The summed E-state index contributed by atoms with van der Waals surface area (Å²) in [6.45, 7) is 3.57. The van der Waals surface area contributed by atoms with E-state index in [0.29, 0.717) is 11.7 Å². The van der Waals surface area contributed by atoms with Crippen molar-refractivity contribution in [3.8, 4) is 5.75 Å². The van der Waals surface area contributed by atoms with Crippen molar-refractivity contribution in [3.05, 3.63) is 64.2 Å². The minimum absolute atomic E-state index is 0.190. The van der Waals surface area contributed by atoms with Gasteiger partial charge in [-0.25, -0.2) is 0 Å². The predicted molar refractivity (Wildman–Crippen MR) is 109 cm³/mol. The second-order valence-electron chi connectivity index (χ2n) is 6.53. The molecule has 1 saturated heterocycles.